The van der Waals surface area contributed by atoms with Gasteiger partial charge in [0, 0.05) is 31.1 Å². The van der Waals surface area contributed by atoms with E-state index in [1.54, 1.807) is 23.1 Å². The second-order valence-corrected chi connectivity index (χ2v) is 8.07. The van der Waals surface area contributed by atoms with Crippen molar-refractivity contribution in [3.8, 4) is 5.75 Å². The number of anilines is 1. The normalized spacial score (nSPS) is 15.9. The van der Waals surface area contributed by atoms with E-state index in [1.807, 2.05) is 18.2 Å². The van der Waals surface area contributed by atoms with E-state index in [2.05, 4.69) is 5.32 Å². The summed E-state index contributed by atoms with van der Waals surface area (Å²) in [4.78, 5) is 25.2. The number of amides is 2. The van der Waals surface area contributed by atoms with Crippen LogP contribution in [0.1, 0.15) is 17.5 Å². The number of halogens is 2. The zero-order chi connectivity index (χ0) is 20.4. The monoisotopic (exact) mass is 434 g/mol. The van der Waals surface area contributed by atoms with Gasteiger partial charge in [-0.15, -0.1) is 0 Å². The summed E-state index contributed by atoms with van der Waals surface area (Å²) in [5, 5.41) is 3.76. The summed E-state index contributed by atoms with van der Waals surface area (Å²) in [7, 11) is 0. The highest BCUT2D eigenvalue weighted by Gasteiger charge is 2.32. The van der Waals surface area contributed by atoms with Crippen LogP contribution in [0, 0.1) is 5.92 Å². The van der Waals surface area contributed by atoms with Gasteiger partial charge < -0.3 is 19.7 Å². The highest BCUT2D eigenvalue weighted by atomic mass is 35.5. The third-order valence-corrected chi connectivity index (χ3v) is 5.76. The van der Waals surface area contributed by atoms with Crippen LogP contribution in [-0.4, -0.2) is 36.6 Å². The molecule has 1 N–H and O–H groups in total. The van der Waals surface area contributed by atoms with E-state index in [4.69, 9.17) is 32.7 Å². The lowest BCUT2D eigenvalue weighted by Gasteiger charge is -2.38. The molecule has 0 aliphatic carbocycles. The van der Waals surface area contributed by atoms with Gasteiger partial charge in [0.05, 0.1) is 16.7 Å². The number of carbonyl (C=O) groups is 2. The van der Waals surface area contributed by atoms with Crippen molar-refractivity contribution in [2.24, 2.45) is 5.92 Å². The smallest absolute Gasteiger partial charge is 0.410 e. The van der Waals surface area contributed by atoms with Gasteiger partial charge in [-0.3, -0.25) is 4.79 Å². The molecule has 2 aromatic rings. The van der Waals surface area contributed by atoms with Crippen molar-refractivity contribution in [2.75, 3.05) is 25.0 Å². The van der Waals surface area contributed by atoms with Crippen LogP contribution in [0.15, 0.2) is 36.4 Å². The number of hydrogen-bond donors (Lipinski definition) is 1. The second-order valence-electron chi connectivity index (χ2n) is 7.25. The Balaban J connectivity index is 1.19. The van der Waals surface area contributed by atoms with Crippen LogP contribution in [0.2, 0.25) is 10.0 Å². The molecule has 2 aliphatic heterocycles. The summed E-state index contributed by atoms with van der Waals surface area (Å²) in [6, 6.07) is 10.8. The highest BCUT2D eigenvalue weighted by Crippen LogP contribution is 2.28. The average molecular weight is 435 g/mol. The fraction of sp³-hybridized carbons (Fsp3) is 0.333. The standard InChI is InChI=1S/C21H20Cl2N2O4/c22-17-4-1-13(7-18(17)23)11-29-21(27)25-9-14(10-25)12-28-16-3-5-19-15(8-16)2-6-20(26)24-19/h1,3-5,7-8,14H,2,6,9-12H2,(H,24,26). The molecule has 0 aromatic heterocycles. The molecule has 6 nitrogen and oxygen atoms in total. The van der Waals surface area contributed by atoms with Crippen LogP contribution < -0.4 is 10.1 Å². The minimum Gasteiger partial charge on any atom is -0.493 e. The second kappa shape index (κ2) is 8.51. The van der Waals surface area contributed by atoms with Gasteiger partial charge in [0.15, 0.2) is 0 Å². The number of nitrogens with zero attached hydrogens (tertiary/aromatic N) is 1. The first kappa shape index (κ1) is 19.9. The van der Waals surface area contributed by atoms with Crippen molar-refractivity contribution in [3.05, 3.63) is 57.6 Å². The van der Waals surface area contributed by atoms with E-state index in [1.165, 1.54) is 0 Å². The highest BCUT2D eigenvalue weighted by molar-refractivity contribution is 6.42. The van der Waals surface area contributed by atoms with Crippen LogP contribution in [0.5, 0.6) is 5.75 Å². The van der Waals surface area contributed by atoms with Gasteiger partial charge in [0.2, 0.25) is 5.91 Å². The number of fused-ring (bicyclic) bond motifs is 1. The topological polar surface area (TPSA) is 67.9 Å². The number of ether oxygens (including phenoxy) is 2. The molecule has 29 heavy (non-hydrogen) atoms. The van der Waals surface area contributed by atoms with Gasteiger partial charge in [0.1, 0.15) is 12.4 Å². The molecule has 2 aliphatic rings. The van der Waals surface area contributed by atoms with Gasteiger partial charge in [-0.25, -0.2) is 4.79 Å². The maximum atomic E-state index is 12.1. The fourth-order valence-corrected chi connectivity index (χ4v) is 3.67. The van der Waals surface area contributed by atoms with Crippen molar-refractivity contribution >= 4 is 40.9 Å². The Hall–Kier alpha value is -2.44. The molecule has 0 atom stereocenters. The Bertz CT molecular complexity index is 944. The van der Waals surface area contributed by atoms with Crippen LogP contribution in [0.4, 0.5) is 10.5 Å². The zero-order valence-corrected chi connectivity index (χ0v) is 17.1. The van der Waals surface area contributed by atoms with Gasteiger partial charge in [0.25, 0.3) is 0 Å². The Labute approximate surface area is 178 Å². The van der Waals surface area contributed by atoms with Crippen molar-refractivity contribution in [1.29, 1.82) is 0 Å². The Morgan fingerprint density at radius 2 is 1.93 bits per heavy atom. The molecule has 0 bridgehead atoms. The lowest BCUT2D eigenvalue weighted by Crippen LogP contribution is -2.52. The largest absolute Gasteiger partial charge is 0.493 e. The number of benzene rings is 2. The maximum absolute atomic E-state index is 12.1. The summed E-state index contributed by atoms with van der Waals surface area (Å²) < 4.78 is 11.2. The zero-order valence-electron chi connectivity index (χ0n) is 15.6. The van der Waals surface area contributed by atoms with E-state index in [9.17, 15) is 9.59 Å². The van der Waals surface area contributed by atoms with Crippen LogP contribution in [-0.2, 0) is 22.6 Å². The van der Waals surface area contributed by atoms with E-state index < -0.39 is 0 Å². The molecule has 4 rings (SSSR count). The number of likely N-dealkylation sites (tertiary alicyclic amines) is 1. The molecule has 152 valence electrons. The number of rotatable bonds is 5. The number of nitrogens with one attached hydrogen (secondary N) is 1. The lowest BCUT2D eigenvalue weighted by molar-refractivity contribution is -0.116. The number of carbonyl (C=O) groups excluding carboxylic acids is 2. The minimum absolute atomic E-state index is 0.0479. The molecule has 0 unspecified atom stereocenters. The molecule has 0 saturated carbocycles. The summed E-state index contributed by atoms with van der Waals surface area (Å²) in [5.74, 6) is 1.09. The Kier molecular flexibility index (Phi) is 5.83. The van der Waals surface area contributed by atoms with E-state index >= 15 is 0 Å². The van der Waals surface area contributed by atoms with E-state index in [0.717, 1.165) is 29.0 Å². The lowest BCUT2D eigenvalue weighted by atomic mass is 10.0. The predicted molar refractivity (Wildman–Crippen MR) is 111 cm³/mol. The summed E-state index contributed by atoms with van der Waals surface area (Å²) >= 11 is 11.8. The quantitative estimate of drug-likeness (QED) is 0.750. The van der Waals surface area contributed by atoms with Gasteiger partial charge in [-0.2, -0.15) is 0 Å². The molecule has 2 amide bonds. The molecular weight excluding hydrogens is 415 g/mol. The molecule has 1 fully saturated rings. The molecule has 2 aromatic carbocycles. The van der Waals surface area contributed by atoms with Gasteiger partial charge >= 0.3 is 6.09 Å². The molecule has 0 spiro atoms. The fourth-order valence-electron chi connectivity index (χ4n) is 3.35. The summed E-state index contributed by atoms with van der Waals surface area (Å²) in [6.45, 7) is 1.88. The molecular formula is C21H20Cl2N2O4. The third kappa shape index (κ3) is 4.77. The predicted octanol–water partition coefficient (Wildman–Crippen LogP) is 4.53. The minimum atomic E-state index is -0.350. The van der Waals surface area contributed by atoms with Gasteiger partial charge in [-0.1, -0.05) is 29.3 Å². The summed E-state index contributed by atoms with van der Waals surface area (Å²) in [6.07, 6.45) is 0.871. The van der Waals surface area contributed by atoms with Crippen molar-refractivity contribution in [1.82, 2.24) is 4.90 Å². The van der Waals surface area contributed by atoms with Crippen molar-refractivity contribution in [2.45, 2.75) is 19.4 Å². The molecule has 2 heterocycles. The number of hydrogen-bond acceptors (Lipinski definition) is 4. The third-order valence-electron chi connectivity index (χ3n) is 5.02. The first-order chi connectivity index (χ1) is 14.0. The molecule has 0 radical (unpaired) electrons. The van der Waals surface area contributed by atoms with E-state index in [-0.39, 0.29) is 24.5 Å². The molecule has 1 saturated heterocycles. The van der Waals surface area contributed by atoms with Crippen LogP contribution in [0.25, 0.3) is 0 Å². The Morgan fingerprint density at radius 3 is 2.72 bits per heavy atom. The SMILES string of the molecule is O=C1CCc2cc(OCC3CN(C(=O)OCc4ccc(Cl)c(Cl)c4)C3)ccc2N1. The first-order valence-electron chi connectivity index (χ1n) is 9.39. The van der Waals surface area contributed by atoms with Gasteiger partial charge in [-0.05, 0) is 47.9 Å². The van der Waals surface area contributed by atoms with E-state index in [0.29, 0.717) is 36.2 Å². The molecule has 8 heteroatoms. The van der Waals surface area contributed by atoms with Crippen LogP contribution in [0.3, 0.4) is 0 Å². The maximum Gasteiger partial charge on any atom is 0.410 e. The number of aryl methyl sites for hydroxylation is 1. The van der Waals surface area contributed by atoms with Crippen molar-refractivity contribution in [3.63, 3.8) is 0 Å². The average Bonchev–Trinajstić information content (AvgIpc) is 2.67. The summed E-state index contributed by atoms with van der Waals surface area (Å²) in [5.41, 5.74) is 2.73. The first-order valence-corrected chi connectivity index (χ1v) is 10.1. The Morgan fingerprint density at radius 1 is 1.10 bits per heavy atom. The van der Waals surface area contributed by atoms with Crippen molar-refractivity contribution < 1.29 is 19.1 Å². The van der Waals surface area contributed by atoms with Crippen LogP contribution >= 0.6 is 23.2 Å².